The third-order valence-corrected chi connectivity index (χ3v) is 6.14. The van der Waals surface area contributed by atoms with Gasteiger partial charge in [0.2, 0.25) is 10.0 Å². The molecule has 0 bridgehead atoms. The largest absolute Gasteiger partial charge is 0.481 e. The average Bonchev–Trinajstić information content (AvgIpc) is 3.33. The molecule has 2 unspecified atom stereocenters. The number of sulfonamides is 1. The Morgan fingerprint density at radius 1 is 1.33 bits per heavy atom. The SMILES string of the molecule is CCC1CC1NS(=O)(=O)c1ccc(C2(C(=O)O)CC2)cc1. The van der Waals surface area contributed by atoms with Crippen molar-refractivity contribution >= 4 is 16.0 Å². The van der Waals surface area contributed by atoms with Crippen LogP contribution in [0, 0.1) is 5.92 Å². The normalized spacial score (nSPS) is 26.3. The summed E-state index contributed by atoms with van der Waals surface area (Å²) in [4.78, 5) is 11.5. The predicted octanol–water partition coefficient (Wildman–Crippen LogP) is 1.88. The van der Waals surface area contributed by atoms with Crippen molar-refractivity contribution in [3.8, 4) is 0 Å². The molecule has 0 heterocycles. The lowest BCUT2D eigenvalue weighted by molar-refractivity contribution is -0.140. The maximum absolute atomic E-state index is 12.2. The molecule has 5 nitrogen and oxygen atoms in total. The number of carbonyl (C=O) groups is 1. The zero-order valence-electron chi connectivity index (χ0n) is 11.9. The van der Waals surface area contributed by atoms with Crippen LogP contribution in [0.15, 0.2) is 29.2 Å². The van der Waals surface area contributed by atoms with E-state index in [1.807, 2.05) is 0 Å². The van der Waals surface area contributed by atoms with Gasteiger partial charge in [0.05, 0.1) is 10.3 Å². The molecular weight excluding hydrogens is 290 g/mol. The number of rotatable bonds is 6. The maximum atomic E-state index is 12.2. The third-order valence-electron chi connectivity index (χ3n) is 4.63. The molecule has 0 aliphatic heterocycles. The number of carboxylic acid groups (broad SMARTS) is 1. The van der Waals surface area contributed by atoms with E-state index in [-0.39, 0.29) is 10.9 Å². The summed E-state index contributed by atoms with van der Waals surface area (Å²) < 4.78 is 27.2. The Morgan fingerprint density at radius 2 is 1.95 bits per heavy atom. The summed E-state index contributed by atoms with van der Waals surface area (Å²) in [7, 11) is -3.50. The van der Waals surface area contributed by atoms with Gasteiger partial charge in [0.15, 0.2) is 0 Å². The Hall–Kier alpha value is -1.40. The molecule has 2 aliphatic rings. The van der Waals surface area contributed by atoms with E-state index in [9.17, 15) is 18.3 Å². The Morgan fingerprint density at radius 3 is 2.38 bits per heavy atom. The number of aliphatic carboxylic acids is 1. The molecule has 2 saturated carbocycles. The van der Waals surface area contributed by atoms with Crippen molar-refractivity contribution in [3.63, 3.8) is 0 Å². The van der Waals surface area contributed by atoms with Gasteiger partial charge >= 0.3 is 5.97 Å². The first-order chi connectivity index (χ1) is 9.89. The van der Waals surface area contributed by atoms with Gasteiger partial charge in [0, 0.05) is 6.04 Å². The molecule has 2 aliphatic carbocycles. The van der Waals surface area contributed by atoms with Gasteiger partial charge in [0.25, 0.3) is 0 Å². The lowest BCUT2D eigenvalue weighted by Gasteiger charge is -2.11. The Balaban J connectivity index is 1.77. The summed E-state index contributed by atoms with van der Waals surface area (Å²) in [5.74, 6) is -0.388. The second-order valence-corrected chi connectivity index (χ2v) is 7.76. The summed E-state index contributed by atoms with van der Waals surface area (Å²) in [6.07, 6.45) is 3.11. The zero-order valence-corrected chi connectivity index (χ0v) is 12.7. The second-order valence-electron chi connectivity index (χ2n) is 6.04. The predicted molar refractivity (Wildman–Crippen MR) is 77.5 cm³/mol. The first-order valence-corrected chi connectivity index (χ1v) is 8.73. The van der Waals surface area contributed by atoms with Gasteiger partial charge in [-0.05, 0) is 42.9 Å². The molecule has 21 heavy (non-hydrogen) atoms. The van der Waals surface area contributed by atoms with Gasteiger partial charge in [-0.15, -0.1) is 0 Å². The van der Waals surface area contributed by atoms with Crippen LogP contribution in [0.1, 0.15) is 38.2 Å². The van der Waals surface area contributed by atoms with Crippen molar-refractivity contribution in [2.45, 2.75) is 49.0 Å². The topological polar surface area (TPSA) is 83.5 Å². The molecule has 0 saturated heterocycles. The Kier molecular flexibility index (Phi) is 3.33. The molecule has 1 aromatic rings. The summed E-state index contributed by atoms with van der Waals surface area (Å²) in [6.45, 7) is 2.05. The fourth-order valence-electron chi connectivity index (χ4n) is 2.81. The first kappa shape index (κ1) is 14.5. The maximum Gasteiger partial charge on any atom is 0.314 e. The lowest BCUT2D eigenvalue weighted by atomic mass is 9.96. The number of hydrogen-bond acceptors (Lipinski definition) is 3. The van der Waals surface area contributed by atoms with Gasteiger partial charge < -0.3 is 5.11 Å². The van der Waals surface area contributed by atoms with Crippen LogP contribution in [0.4, 0.5) is 0 Å². The number of nitrogens with one attached hydrogen (secondary N) is 1. The first-order valence-electron chi connectivity index (χ1n) is 7.25. The quantitative estimate of drug-likeness (QED) is 0.840. The van der Waals surface area contributed by atoms with E-state index in [1.165, 1.54) is 12.1 Å². The van der Waals surface area contributed by atoms with E-state index in [2.05, 4.69) is 11.6 Å². The van der Waals surface area contributed by atoms with Crippen LogP contribution in [-0.4, -0.2) is 25.5 Å². The molecule has 1 aromatic carbocycles. The van der Waals surface area contributed by atoms with E-state index in [0.717, 1.165) is 12.8 Å². The molecule has 2 atom stereocenters. The highest BCUT2D eigenvalue weighted by Gasteiger charge is 2.51. The van der Waals surface area contributed by atoms with Crippen molar-refractivity contribution in [1.82, 2.24) is 4.72 Å². The molecule has 2 N–H and O–H groups in total. The van der Waals surface area contributed by atoms with Crippen LogP contribution in [0.2, 0.25) is 0 Å². The van der Waals surface area contributed by atoms with Crippen molar-refractivity contribution in [3.05, 3.63) is 29.8 Å². The van der Waals surface area contributed by atoms with E-state index >= 15 is 0 Å². The molecule has 2 fully saturated rings. The average molecular weight is 309 g/mol. The van der Waals surface area contributed by atoms with Crippen LogP contribution in [0.25, 0.3) is 0 Å². The van der Waals surface area contributed by atoms with E-state index in [4.69, 9.17) is 0 Å². The van der Waals surface area contributed by atoms with Crippen molar-refractivity contribution in [1.29, 1.82) is 0 Å². The fourth-order valence-corrected chi connectivity index (χ4v) is 4.13. The Labute approximate surface area is 124 Å². The van der Waals surface area contributed by atoms with E-state index in [0.29, 0.717) is 24.3 Å². The highest BCUT2D eigenvalue weighted by molar-refractivity contribution is 7.89. The minimum Gasteiger partial charge on any atom is -0.481 e. The van der Waals surface area contributed by atoms with Gasteiger partial charge in [-0.3, -0.25) is 4.79 Å². The van der Waals surface area contributed by atoms with Crippen LogP contribution in [-0.2, 0) is 20.2 Å². The van der Waals surface area contributed by atoms with Crippen molar-refractivity contribution in [2.75, 3.05) is 0 Å². The summed E-state index contributed by atoms with van der Waals surface area (Å²) >= 11 is 0. The smallest absolute Gasteiger partial charge is 0.314 e. The van der Waals surface area contributed by atoms with Gasteiger partial charge in [0.1, 0.15) is 0 Å². The summed E-state index contributed by atoms with van der Waals surface area (Å²) in [5.41, 5.74) is -0.105. The molecular formula is C15H19NO4S. The highest BCUT2D eigenvalue weighted by Crippen LogP contribution is 2.48. The Bertz CT molecular complexity index is 661. The molecule has 0 spiro atoms. The molecule has 3 rings (SSSR count). The van der Waals surface area contributed by atoms with Gasteiger partial charge in [-0.1, -0.05) is 25.5 Å². The van der Waals surface area contributed by atoms with Crippen molar-refractivity contribution in [2.24, 2.45) is 5.92 Å². The molecule has 0 aromatic heterocycles. The van der Waals surface area contributed by atoms with Crippen LogP contribution in [0.3, 0.4) is 0 Å². The molecule has 0 radical (unpaired) electrons. The fraction of sp³-hybridized carbons (Fsp3) is 0.533. The van der Waals surface area contributed by atoms with Crippen molar-refractivity contribution < 1.29 is 18.3 Å². The lowest BCUT2D eigenvalue weighted by Crippen LogP contribution is -2.27. The second kappa shape index (κ2) is 4.81. The number of hydrogen-bond donors (Lipinski definition) is 2. The van der Waals surface area contributed by atoms with Gasteiger partial charge in [-0.2, -0.15) is 0 Å². The summed E-state index contributed by atoms with van der Waals surface area (Å²) in [6, 6.07) is 6.31. The molecule has 6 heteroatoms. The summed E-state index contributed by atoms with van der Waals surface area (Å²) in [5, 5.41) is 9.24. The van der Waals surface area contributed by atoms with Gasteiger partial charge in [-0.25, -0.2) is 13.1 Å². The van der Waals surface area contributed by atoms with E-state index < -0.39 is 21.4 Å². The van der Waals surface area contributed by atoms with E-state index in [1.54, 1.807) is 12.1 Å². The molecule has 0 amide bonds. The van der Waals surface area contributed by atoms with Crippen LogP contribution in [0.5, 0.6) is 0 Å². The monoisotopic (exact) mass is 309 g/mol. The van der Waals surface area contributed by atoms with Crippen LogP contribution < -0.4 is 4.72 Å². The highest BCUT2D eigenvalue weighted by atomic mass is 32.2. The minimum atomic E-state index is -3.50. The number of benzene rings is 1. The number of carboxylic acids is 1. The zero-order chi connectivity index (χ0) is 15.3. The van der Waals surface area contributed by atoms with Crippen LogP contribution >= 0.6 is 0 Å². The standard InChI is InChI=1S/C15H19NO4S/c1-2-10-9-13(10)16-21(19,20)12-5-3-11(4-6-12)15(7-8-15)14(17)18/h3-6,10,13,16H,2,7-9H2,1H3,(H,17,18). The third kappa shape index (κ3) is 2.58. The minimum absolute atomic E-state index is 0.0495. The molecule has 114 valence electrons.